The summed E-state index contributed by atoms with van der Waals surface area (Å²) in [4.78, 5) is 0. The maximum absolute atomic E-state index is 2.30. The van der Waals surface area contributed by atoms with E-state index in [1.165, 1.54) is 5.56 Å². The van der Waals surface area contributed by atoms with Crippen molar-refractivity contribution in [3.8, 4) is 0 Å². The second-order valence-electron chi connectivity index (χ2n) is 4.19. The van der Waals surface area contributed by atoms with Crippen molar-refractivity contribution in [2.75, 3.05) is 0 Å². The minimum Gasteiger partial charge on any atom is -0.0668 e. The summed E-state index contributed by atoms with van der Waals surface area (Å²) in [6.45, 7) is 4.55. The second-order valence-corrected chi connectivity index (χ2v) is 4.91. The van der Waals surface area contributed by atoms with E-state index in [9.17, 15) is 0 Å². The van der Waals surface area contributed by atoms with Crippen LogP contribution in [0.1, 0.15) is 19.4 Å². The first-order valence-electron chi connectivity index (χ1n) is 5.32. The normalized spacial score (nSPS) is 20.4. The van der Waals surface area contributed by atoms with Gasteiger partial charge in [-0.1, -0.05) is 78.4 Å². The van der Waals surface area contributed by atoms with Crippen LogP contribution in [-0.2, 0) is 0 Å². The molecule has 1 atom stereocenters. The number of hydrogen-bond acceptors (Lipinski definition) is 0. The summed E-state index contributed by atoms with van der Waals surface area (Å²) in [5, 5.41) is 0. The van der Waals surface area contributed by atoms with Gasteiger partial charge in [0, 0.05) is 5.92 Å². The van der Waals surface area contributed by atoms with E-state index >= 15 is 0 Å². The third kappa shape index (κ3) is 2.17. The van der Waals surface area contributed by atoms with E-state index in [0.29, 0.717) is 11.8 Å². The lowest BCUT2D eigenvalue weighted by Crippen LogP contribution is -1.85. The molecular formula is C14H15I. The smallest absolute Gasteiger partial charge is 0.0250 e. The molecule has 0 spiro atoms. The van der Waals surface area contributed by atoms with Gasteiger partial charge < -0.3 is 0 Å². The molecule has 1 unspecified atom stereocenters. The Morgan fingerprint density at radius 2 is 1.87 bits per heavy atom. The topological polar surface area (TPSA) is 0 Å². The van der Waals surface area contributed by atoms with Gasteiger partial charge in [0.2, 0.25) is 0 Å². The highest BCUT2D eigenvalue weighted by Gasteiger charge is 2.36. The van der Waals surface area contributed by atoms with Crippen molar-refractivity contribution in [3.05, 3.63) is 51.6 Å². The van der Waals surface area contributed by atoms with Crippen LogP contribution in [0.2, 0.25) is 0 Å². The van der Waals surface area contributed by atoms with Crippen molar-refractivity contribution >= 4 is 28.2 Å². The first kappa shape index (κ1) is 10.9. The third-order valence-electron chi connectivity index (χ3n) is 2.85. The Morgan fingerprint density at radius 1 is 1.20 bits per heavy atom. The molecule has 0 N–H and O–H groups in total. The fraction of sp³-hybridized carbons (Fsp3) is 0.286. The van der Waals surface area contributed by atoms with Crippen LogP contribution in [0, 0.1) is 11.8 Å². The van der Waals surface area contributed by atoms with Gasteiger partial charge in [0.1, 0.15) is 0 Å². The summed E-state index contributed by atoms with van der Waals surface area (Å²) in [5.74, 6) is 1.27. The number of hydrogen-bond donors (Lipinski definition) is 0. The molecular weight excluding hydrogens is 295 g/mol. The van der Waals surface area contributed by atoms with Crippen molar-refractivity contribution in [2.24, 2.45) is 11.8 Å². The molecule has 1 aliphatic carbocycles. The van der Waals surface area contributed by atoms with Gasteiger partial charge in [-0.2, -0.15) is 0 Å². The average molecular weight is 310 g/mol. The van der Waals surface area contributed by atoms with Gasteiger partial charge in [-0.05, 0) is 21.1 Å². The first-order chi connectivity index (χ1) is 7.25. The minimum atomic E-state index is 0.601. The van der Waals surface area contributed by atoms with Gasteiger partial charge in [0.25, 0.3) is 0 Å². The lowest BCUT2D eigenvalue weighted by Gasteiger charge is -1.96. The van der Waals surface area contributed by atoms with E-state index < -0.39 is 0 Å². The zero-order chi connectivity index (χ0) is 10.8. The molecule has 0 amide bonds. The van der Waals surface area contributed by atoms with Crippen LogP contribution in [-0.4, -0.2) is 0 Å². The standard InChI is InChI=1S/C14H15I/c1-10(2)13-12(8-9-15)14(13)11-6-4-3-5-7-11/h3-10,12H,1-2H3/b9-8-. The molecule has 0 heterocycles. The molecule has 1 heteroatoms. The van der Waals surface area contributed by atoms with Gasteiger partial charge in [0.05, 0.1) is 0 Å². The monoisotopic (exact) mass is 310 g/mol. The Balaban J connectivity index is 2.29. The molecule has 0 saturated heterocycles. The molecule has 15 heavy (non-hydrogen) atoms. The maximum Gasteiger partial charge on any atom is 0.0250 e. The van der Waals surface area contributed by atoms with Crippen molar-refractivity contribution < 1.29 is 0 Å². The predicted molar refractivity (Wildman–Crippen MR) is 74.9 cm³/mol. The predicted octanol–water partition coefficient (Wildman–Crippen LogP) is 4.67. The second kappa shape index (κ2) is 4.52. The lowest BCUT2D eigenvalue weighted by molar-refractivity contribution is 0.770. The summed E-state index contributed by atoms with van der Waals surface area (Å²) >= 11 is 2.30. The number of allylic oxidation sites excluding steroid dienone is 3. The summed E-state index contributed by atoms with van der Waals surface area (Å²) in [7, 11) is 0. The highest BCUT2D eigenvalue weighted by atomic mass is 127. The third-order valence-corrected chi connectivity index (χ3v) is 3.26. The quantitative estimate of drug-likeness (QED) is 0.711. The molecule has 0 radical (unpaired) electrons. The summed E-state index contributed by atoms with van der Waals surface area (Å²) < 4.78 is 2.13. The maximum atomic E-state index is 2.30. The van der Waals surface area contributed by atoms with Gasteiger partial charge in [-0.3, -0.25) is 0 Å². The molecule has 0 bridgehead atoms. The van der Waals surface area contributed by atoms with Crippen molar-refractivity contribution in [3.63, 3.8) is 0 Å². The van der Waals surface area contributed by atoms with E-state index in [1.54, 1.807) is 11.1 Å². The number of benzene rings is 1. The van der Waals surface area contributed by atoms with E-state index in [2.05, 4.69) is 76.9 Å². The molecule has 0 saturated carbocycles. The zero-order valence-corrected chi connectivity index (χ0v) is 11.2. The summed E-state index contributed by atoms with van der Waals surface area (Å²) in [6.07, 6.45) is 2.29. The van der Waals surface area contributed by atoms with E-state index in [1.807, 2.05) is 0 Å². The molecule has 2 rings (SSSR count). The Kier molecular flexibility index (Phi) is 3.29. The van der Waals surface area contributed by atoms with E-state index in [-0.39, 0.29) is 0 Å². The molecule has 78 valence electrons. The first-order valence-corrected chi connectivity index (χ1v) is 6.56. The van der Waals surface area contributed by atoms with Gasteiger partial charge >= 0.3 is 0 Å². The van der Waals surface area contributed by atoms with Gasteiger partial charge in [0.15, 0.2) is 0 Å². The number of rotatable bonds is 3. The summed E-state index contributed by atoms with van der Waals surface area (Å²) in [6, 6.07) is 10.7. The van der Waals surface area contributed by atoms with Crippen LogP contribution in [0.4, 0.5) is 0 Å². The molecule has 1 aromatic rings. The van der Waals surface area contributed by atoms with Crippen LogP contribution in [0.5, 0.6) is 0 Å². The van der Waals surface area contributed by atoms with Crippen LogP contribution >= 0.6 is 22.6 Å². The summed E-state index contributed by atoms with van der Waals surface area (Å²) in [5.41, 5.74) is 4.54. The van der Waals surface area contributed by atoms with Crippen molar-refractivity contribution in [1.82, 2.24) is 0 Å². The molecule has 1 aromatic carbocycles. The van der Waals surface area contributed by atoms with Crippen LogP contribution in [0.25, 0.3) is 5.57 Å². The highest BCUT2D eigenvalue weighted by molar-refractivity contribution is 14.1. The Morgan fingerprint density at radius 3 is 2.40 bits per heavy atom. The highest BCUT2D eigenvalue weighted by Crippen LogP contribution is 2.51. The Hall–Kier alpha value is -0.570. The fourth-order valence-electron chi connectivity index (χ4n) is 2.16. The molecule has 0 nitrogen and oxygen atoms in total. The molecule has 1 aliphatic rings. The lowest BCUT2D eigenvalue weighted by atomic mass is 10.1. The van der Waals surface area contributed by atoms with Gasteiger partial charge in [-0.15, -0.1) is 0 Å². The van der Waals surface area contributed by atoms with E-state index in [4.69, 9.17) is 0 Å². The van der Waals surface area contributed by atoms with Crippen molar-refractivity contribution in [1.29, 1.82) is 0 Å². The molecule has 0 fully saturated rings. The number of halogens is 1. The van der Waals surface area contributed by atoms with E-state index in [0.717, 1.165) is 0 Å². The Bertz CT molecular complexity index is 399. The minimum absolute atomic E-state index is 0.601. The molecule has 0 aromatic heterocycles. The SMILES string of the molecule is CC(C)C1=C(c2ccccc2)C1/C=C\I. The Labute approximate surface area is 105 Å². The van der Waals surface area contributed by atoms with Gasteiger partial charge in [-0.25, -0.2) is 0 Å². The van der Waals surface area contributed by atoms with Crippen molar-refractivity contribution in [2.45, 2.75) is 13.8 Å². The average Bonchev–Trinajstić information content (AvgIpc) is 2.94. The molecule has 0 aliphatic heterocycles. The van der Waals surface area contributed by atoms with Crippen LogP contribution < -0.4 is 0 Å². The van der Waals surface area contributed by atoms with Crippen LogP contribution in [0.15, 0.2) is 46.1 Å². The van der Waals surface area contributed by atoms with Crippen LogP contribution in [0.3, 0.4) is 0 Å². The fourth-order valence-corrected chi connectivity index (χ4v) is 2.58. The zero-order valence-electron chi connectivity index (χ0n) is 9.07. The largest absolute Gasteiger partial charge is 0.0668 e.